The van der Waals surface area contributed by atoms with Gasteiger partial charge in [0.05, 0.1) is 18.6 Å². The molecule has 0 bridgehead atoms. The standard InChI is InChI=1S/C17H15ClN2O2/c18-14-8-4-7-13(9-14)15(11-19)20-17(22)10-16(21)12-5-2-1-3-6-12/h1-9,15-16,21H,10H2,(H,20,22). The van der Waals surface area contributed by atoms with E-state index >= 15 is 0 Å². The van der Waals surface area contributed by atoms with E-state index in [0.29, 0.717) is 16.1 Å². The van der Waals surface area contributed by atoms with Crippen molar-refractivity contribution < 1.29 is 9.90 Å². The van der Waals surface area contributed by atoms with Crippen LogP contribution in [-0.2, 0) is 4.79 Å². The maximum absolute atomic E-state index is 12.0. The predicted octanol–water partition coefficient (Wildman–Crippen LogP) is 3.14. The van der Waals surface area contributed by atoms with Gasteiger partial charge in [-0.05, 0) is 23.3 Å². The number of hydrogen-bond acceptors (Lipinski definition) is 3. The Kier molecular flexibility index (Phi) is 5.54. The lowest BCUT2D eigenvalue weighted by Gasteiger charge is -2.15. The van der Waals surface area contributed by atoms with E-state index in [0.717, 1.165) is 0 Å². The summed E-state index contributed by atoms with van der Waals surface area (Å²) in [5.74, 6) is -0.400. The van der Waals surface area contributed by atoms with Crippen LogP contribution in [0.25, 0.3) is 0 Å². The lowest BCUT2D eigenvalue weighted by atomic mass is 10.1. The van der Waals surface area contributed by atoms with E-state index in [1.807, 2.05) is 12.1 Å². The van der Waals surface area contributed by atoms with Gasteiger partial charge >= 0.3 is 0 Å². The molecule has 2 aromatic carbocycles. The molecule has 0 spiro atoms. The van der Waals surface area contributed by atoms with Crippen LogP contribution >= 0.6 is 11.6 Å². The third kappa shape index (κ3) is 4.32. The quantitative estimate of drug-likeness (QED) is 0.890. The van der Waals surface area contributed by atoms with E-state index in [-0.39, 0.29) is 6.42 Å². The molecule has 0 saturated heterocycles. The van der Waals surface area contributed by atoms with Gasteiger partial charge in [0, 0.05) is 5.02 Å². The second-order valence-electron chi connectivity index (χ2n) is 4.82. The van der Waals surface area contributed by atoms with Gasteiger partial charge in [0.15, 0.2) is 0 Å². The van der Waals surface area contributed by atoms with Gasteiger partial charge in [-0.25, -0.2) is 0 Å². The first-order valence-electron chi connectivity index (χ1n) is 6.77. The lowest BCUT2D eigenvalue weighted by Crippen LogP contribution is -2.28. The fourth-order valence-corrected chi connectivity index (χ4v) is 2.26. The molecule has 0 fully saturated rings. The number of aliphatic hydroxyl groups excluding tert-OH is 1. The average molecular weight is 315 g/mol. The van der Waals surface area contributed by atoms with E-state index in [9.17, 15) is 15.2 Å². The summed E-state index contributed by atoms with van der Waals surface area (Å²) >= 11 is 5.88. The van der Waals surface area contributed by atoms with Crippen molar-refractivity contribution in [2.75, 3.05) is 0 Å². The van der Waals surface area contributed by atoms with Crippen molar-refractivity contribution in [1.82, 2.24) is 5.32 Å². The Labute approximate surface area is 134 Å². The van der Waals surface area contributed by atoms with E-state index < -0.39 is 18.1 Å². The van der Waals surface area contributed by atoms with Crippen LogP contribution in [0.1, 0.15) is 29.7 Å². The highest BCUT2D eigenvalue weighted by Crippen LogP contribution is 2.19. The summed E-state index contributed by atoms with van der Waals surface area (Å²) in [4.78, 5) is 12.0. The molecule has 2 atom stereocenters. The average Bonchev–Trinajstić information content (AvgIpc) is 2.53. The Morgan fingerprint density at radius 2 is 1.86 bits per heavy atom. The van der Waals surface area contributed by atoms with Crippen LogP contribution in [0.3, 0.4) is 0 Å². The summed E-state index contributed by atoms with van der Waals surface area (Å²) in [6.45, 7) is 0. The number of aliphatic hydroxyl groups is 1. The lowest BCUT2D eigenvalue weighted by molar-refractivity contribution is -0.123. The molecule has 2 aromatic rings. The monoisotopic (exact) mass is 314 g/mol. The van der Waals surface area contributed by atoms with E-state index in [1.54, 1.807) is 48.5 Å². The number of carbonyl (C=O) groups is 1. The maximum Gasteiger partial charge on any atom is 0.224 e. The normalized spacial score (nSPS) is 13.0. The fraction of sp³-hybridized carbons (Fsp3) is 0.176. The van der Waals surface area contributed by atoms with Crippen LogP contribution in [0.5, 0.6) is 0 Å². The van der Waals surface area contributed by atoms with Crippen LogP contribution in [0.4, 0.5) is 0 Å². The van der Waals surface area contributed by atoms with Crippen LogP contribution in [0, 0.1) is 11.3 Å². The number of nitrogens with zero attached hydrogens (tertiary/aromatic N) is 1. The van der Waals surface area contributed by atoms with Crippen molar-refractivity contribution in [3.05, 3.63) is 70.7 Å². The number of carbonyl (C=O) groups excluding carboxylic acids is 1. The van der Waals surface area contributed by atoms with E-state index in [4.69, 9.17) is 11.6 Å². The first-order valence-corrected chi connectivity index (χ1v) is 7.15. The topological polar surface area (TPSA) is 73.1 Å². The molecule has 0 saturated carbocycles. The molecule has 0 aliphatic rings. The summed E-state index contributed by atoms with van der Waals surface area (Å²) in [7, 11) is 0. The third-order valence-corrected chi connectivity index (χ3v) is 3.41. The van der Waals surface area contributed by atoms with Gasteiger partial charge in [-0.1, -0.05) is 54.1 Å². The van der Waals surface area contributed by atoms with Crippen molar-refractivity contribution in [3.8, 4) is 6.07 Å². The number of hydrogen-bond donors (Lipinski definition) is 2. The first kappa shape index (κ1) is 16.0. The zero-order chi connectivity index (χ0) is 15.9. The van der Waals surface area contributed by atoms with Gasteiger partial charge in [0.25, 0.3) is 0 Å². The van der Waals surface area contributed by atoms with Gasteiger partial charge in [0.2, 0.25) is 5.91 Å². The summed E-state index contributed by atoms with van der Waals surface area (Å²) in [6, 6.07) is 16.9. The molecular formula is C17H15ClN2O2. The second kappa shape index (κ2) is 7.60. The minimum absolute atomic E-state index is 0.108. The number of nitrogens with one attached hydrogen (secondary N) is 1. The molecule has 112 valence electrons. The predicted molar refractivity (Wildman–Crippen MR) is 84.0 cm³/mol. The molecule has 0 radical (unpaired) electrons. The van der Waals surface area contributed by atoms with Gasteiger partial charge in [-0.2, -0.15) is 5.26 Å². The first-order chi connectivity index (χ1) is 10.6. The van der Waals surface area contributed by atoms with Crippen molar-refractivity contribution in [2.45, 2.75) is 18.6 Å². The van der Waals surface area contributed by atoms with E-state index in [2.05, 4.69) is 5.32 Å². The molecule has 2 rings (SSSR count). The molecule has 22 heavy (non-hydrogen) atoms. The highest BCUT2D eigenvalue weighted by Gasteiger charge is 2.17. The van der Waals surface area contributed by atoms with Crippen LogP contribution in [-0.4, -0.2) is 11.0 Å². The summed E-state index contributed by atoms with van der Waals surface area (Å²) in [6.07, 6.45) is -1.01. The molecule has 0 heterocycles. The second-order valence-corrected chi connectivity index (χ2v) is 5.25. The van der Waals surface area contributed by atoms with Crippen molar-refractivity contribution >= 4 is 17.5 Å². The van der Waals surface area contributed by atoms with Gasteiger partial charge < -0.3 is 10.4 Å². The van der Waals surface area contributed by atoms with Crippen LogP contribution in [0.15, 0.2) is 54.6 Å². The van der Waals surface area contributed by atoms with Gasteiger partial charge in [-0.3, -0.25) is 4.79 Å². The van der Waals surface area contributed by atoms with Gasteiger partial charge in [-0.15, -0.1) is 0 Å². The fourth-order valence-electron chi connectivity index (χ4n) is 2.06. The summed E-state index contributed by atoms with van der Waals surface area (Å²) in [5, 5.41) is 22.3. The molecule has 5 heteroatoms. The zero-order valence-electron chi connectivity index (χ0n) is 11.7. The summed E-state index contributed by atoms with van der Waals surface area (Å²) < 4.78 is 0. The number of benzene rings is 2. The van der Waals surface area contributed by atoms with Crippen LogP contribution < -0.4 is 5.32 Å². The largest absolute Gasteiger partial charge is 0.388 e. The molecule has 1 amide bonds. The SMILES string of the molecule is N#CC(NC(=O)CC(O)c1ccccc1)c1cccc(Cl)c1. The molecule has 4 nitrogen and oxygen atoms in total. The molecule has 0 aromatic heterocycles. The Balaban J connectivity index is 2.00. The smallest absolute Gasteiger partial charge is 0.224 e. The Morgan fingerprint density at radius 1 is 1.18 bits per heavy atom. The minimum Gasteiger partial charge on any atom is -0.388 e. The summed E-state index contributed by atoms with van der Waals surface area (Å²) in [5.41, 5.74) is 1.27. The van der Waals surface area contributed by atoms with Crippen molar-refractivity contribution in [1.29, 1.82) is 5.26 Å². The molecule has 0 aliphatic carbocycles. The van der Waals surface area contributed by atoms with Crippen LogP contribution in [0.2, 0.25) is 5.02 Å². The molecule has 0 aliphatic heterocycles. The highest BCUT2D eigenvalue weighted by atomic mass is 35.5. The number of rotatable bonds is 5. The highest BCUT2D eigenvalue weighted by molar-refractivity contribution is 6.30. The Bertz CT molecular complexity index is 683. The van der Waals surface area contributed by atoms with E-state index in [1.165, 1.54) is 0 Å². The minimum atomic E-state index is -0.903. The number of nitriles is 1. The number of amides is 1. The van der Waals surface area contributed by atoms with Crippen molar-refractivity contribution in [2.24, 2.45) is 0 Å². The molecular weight excluding hydrogens is 300 g/mol. The molecule has 2 unspecified atom stereocenters. The van der Waals surface area contributed by atoms with Crippen molar-refractivity contribution in [3.63, 3.8) is 0 Å². The zero-order valence-corrected chi connectivity index (χ0v) is 12.5. The maximum atomic E-state index is 12.0. The Morgan fingerprint density at radius 3 is 2.50 bits per heavy atom. The Hall–Kier alpha value is -2.35. The number of halogens is 1. The molecule has 2 N–H and O–H groups in total. The third-order valence-electron chi connectivity index (χ3n) is 3.18. The van der Waals surface area contributed by atoms with Gasteiger partial charge in [0.1, 0.15) is 6.04 Å².